The van der Waals surface area contributed by atoms with Crippen molar-refractivity contribution >= 4 is 22.0 Å². The van der Waals surface area contributed by atoms with E-state index in [0.29, 0.717) is 12.4 Å². The van der Waals surface area contributed by atoms with E-state index in [1.165, 1.54) is 24.3 Å². The van der Waals surface area contributed by atoms with Gasteiger partial charge in [0.1, 0.15) is 6.29 Å². The van der Waals surface area contributed by atoms with Crippen LogP contribution in [0.15, 0.2) is 47.4 Å². The van der Waals surface area contributed by atoms with Crippen LogP contribution in [-0.4, -0.2) is 14.7 Å². The summed E-state index contributed by atoms with van der Waals surface area (Å²) >= 11 is 0. The van der Waals surface area contributed by atoms with Crippen LogP contribution in [0, 0.1) is 11.6 Å². The van der Waals surface area contributed by atoms with Gasteiger partial charge in [-0.3, -0.25) is 9.52 Å². The Morgan fingerprint density at radius 3 is 2.40 bits per heavy atom. The Morgan fingerprint density at radius 1 is 1.00 bits per heavy atom. The molecule has 1 N–H and O–H groups in total. The van der Waals surface area contributed by atoms with E-state index in [4.69, 9.17) is 0 Å². The lowest BCUT2D eigenvalue weighted by molar-refractivity contribution is 0.112. The molecule has 0 bridgehead atoms. The summed E-state index contributed by atoms with van der Waals surface area (Å²) in [5.74, 6) is -2.39. The molecule has 0 saturated carbocycles. The molecule has 0 heterocycles. The molecule has 0 saturated heterocycles. The monoisotopic (exact) mass is 297 g/mol. The number of carbonyl (C=O) groups excluding carboxylic acids is 1. The number of halogens is 2. The zero-order valence-corrected chi connectivity index (χ0v) is 10.8. The molecule has 104 valence electrons. The van der Waals surface area contributed by atoms with Gasteiger partial charge in [-0.15, -0.1) is 0 Å². The van der Waals surface area contributed by atoms with Gasteiger partial charge in [0.15, 0.2) is 11.6 Å². The minimum Gasteiger partial charge on any atom is -0.298 e. The molecule has 0 spiro atoms. The topological polar surface area (TPSA) is 63.2 Å². The smallest absolute Gasteiger partial charge is 0.261 e. The fraction of sp³-hybridized carbons (Fsp3) is 0. The first-order valence-electron chi connectivity index (χ1n) is 5.45. The molecule has 0 radical (unpaired) electrons. The number of aldehydes is 1. The van der Waals surface area contributed by atoms with E-state index in [1.54, 1.807) is 0 Å². The van der Waals surface area contributed by atoms with E-state index in [-0.39, 0.29) is 11.3 Å². The van der Waals surface area contributed by atoms with Crippen LogP contribution in [0.3, 0.4) is 0 Å². The Bertz CT molecular complexity index is 760. The highest BCUT2D eigenvalue weighted by molar-refractivity contribution is 7.92. The lowest BCUT2D eigenvalue weighted by Crippen LogP contribution is -2.13. The number of rotatable bonds is 4. The first kappa shape index (κ1) is 14.1. The molecule has 2 aromatic rings. The zero-order valence-electron chi connectivity index (χ0n) is 10.0. The molecule has 2 rings (SSSR count). The third kappa shape index (κ3) is 3.00. The molecule has 0 atom stereocenters. The van der Waals surface area contributed by atoms with Crippen molar-refractivity contribution in [3.63, 3.8) is 0 Å². The molecule has 7 heteroatoms. The molecular weight excluding hydrogens is 288 g/mol. The number of hydrogen-bond donors (Lipinski definition) is 1. The minimum atomic E-state index is -4.05. The Labute approximate surface area is 114 Å². The SMILES string of the molecule is O=Cc1cccc(NS(=O)(=O)c2ccc(F)c(F)c2)c1. The van der Waals surface area contributed by atoms with Crippen LogP contribution in [-0.2, 0) is 10.0 Å². The number of hydrogen-bond acceptors (Lipinski definition) is 3. The Balaban J connectivity index is 2.35. The first-order chi connectivity index (χ1) is 9.42. The van der Waals surface area contributed by atoms with E-state index in [1.807, 2.05) is 0 Å². The average Bonchev–Trinajstić information content (AvgIpc) is 2.41. The van der Waals surface area contributed by atoms with E-state index in [0.717, 1.165) is 12.1 Å². The van der Waals surface area contributed by atoms with Gasteiger partial charge in [0.25, 0.3) is 10.0 Å². The van der Waals surface area contributed by atoms with Crippen molar-refractivity contribution in [3.8, 4) is 0 Å². The summed E-state index contributed by atoms with van der Waals surface area (Å²) < 4.78 is 52.0. The van der Waals surface area contributed by atoms with Crippen LogP contribution in [0.2, 0.25) is 0 Å². The third-order valence-corrected chi connectivity index (χ3v) is 3.86. The van der Waals surface area contributed by atoms with Crippen LogP contribution >= 0.6 is 0 Å². The maximum Gasteiger partial charge on any atom is 0.261 e. The van der Waals surface area contributed by atoms with Crippen molar-refractivity contribution < 1.29 is 22.0 Å². The van der Waals surface area contributed by atoms with Gasteiger partial charge in [0, 0.05) is 11.3 Å². The Morgan fingerprint density at radius 2 is 1.75 bits per heavy atom. The van der Waals surface area contributed by atoms with Gasteiger partial charge < -0.3 is 0 Å². The molecule has 4 nitrogen and oxygen atoms in total. The summed E-state index contributed by atoms with van der Waals surface area (Å²) in [6.45, 7) is 0. The van der Waals surface area contributed by atoms with E-state index in [9.17, 15) is 22.0 Å². The van der Waals surface area contributed by atoms with Crippen LogP contribution in [0.1, 0.15) is 10.4 Å². The largest absolute Gasteiger partial charge is 0.298 e. The average molecular weight is 297 g/mol. The minimum absolute atomic E-state index is 0.152. The highest BCUT2D eigenvalue weighted by Gasteiger charge is 2.16. The van der Waals surface area contributed by atoms with Crippen LogP contribution < -0.4 is 4.72 Å². The Kier molecular flexibility index (Phi) is 3.80. The second-order valence-electron chi connectivity index (χ2n) is 3.92. The number of nitrogens with one attached hydrogen (secondary N) is 1. The van der Waals surface area contributed by atoms with Crippen molar-refractivity contribution in [2.24, 2.45) is 0 Å². The van der Waals surface area contributed by atoms with Gasteiger partial charge >= 0.3 is 0 Å². The van der Waals surface area contributed by atoms with E-state index >= 15 is 0 Å². The summed E-state index contributed by atoms with van der Waals surface area (Å²) in [6.07, 6.45) is 0.565. The van der Waals surface area contributed by atoms with Gasteiger partial charge in [-0.2, -0.15) is 0 Å². The zero-order chi connectivity index (χ0) is 14.8. The van der Waals surface area contributed by atoms with Gasteiger partial charge in [0.05, 0.1) is 4.90 Å². The van der Waals surface area contributed by atoms with Gasteiger partial charge in [-0.1, -0.05) is 12.1 Å². The summed E-state index contributed by atoms with van der Waals surface area (Å²) in [5.41, 5.74) is 0.440. The second-order valence-corrected chi connectivity index (χ2v) is 5.61. The van der Waals surface area contributed by atoms with Crippen LogP contribution in [0.5, 0.6) is 0 Å². The predicted molar refractivity (Wildman–Crippen MR) is 69.0 cm³/mol. The van der Waals surface area contributed by atoms with E-state index < -0.39 is 26.6 Å². The standard InChI is InChI=1S/C13H9F2NO3S/c14-12-5-4-11(7-13(12)15)20(18,19)16-10-3-1-2-9(6-10)8-17/h1-8,16H. The second kappa shape index (κ2) is 5.38. The predicted octanol–water partition coefficient (Wildman–Crippen LogP) is 2.58. The van der Waals surface area contributed by atoms with Crippen molar-refractivity contribution in [2.45, 2.75) is 4.90 Å². The van der Waals surface area contributed by atoms with Crippen LogP contribution in [0.25, 0.3) is 0 Å². The summed E-state index contributed by atoms with van der Waals surface area (Å²) in [6, 6.07) is 8.02. The van der Waals surface area contributed by atoms with E-state index in [2.05, 4.69) is 4.72 Å². The molecule has 0 aliphatic carbocycles. The lowest BCUT2D eigenvalue weighted by atomic mass is 10.2. The molecule has 0 aromatic heterocycles. The molecular formula is C13H9F2NO3S. The summed E-state index contributed by atoms with van der Waals surface area (Å²) in [5, 5.41) is 0. The highest BCUT2D eigenvalue weighted by atomic mass is 32.2. The lowest BCUT2D eigenvalue weighted by Gasteiger charge is -2.08. The van der Waals surface area contributed by atoms with Gasteiger partial charge in [0.2, 0.25) is 0 Å². The molecule has 0 amide bonds. The van der Waals surface area contributed by atoms with Gasteiger partial charge in [-0.05, 0) is 30.3 Å². The molecule has 2 aromatic carbocycles. The summed E-state index contributed by atoms with van der Waals surface area (Å²) in [7, 11) is -4.05. The van der Waals surface area contributed by atoms with Crippen molar-refractivity contribution in [1.29, 1.82) is 0 Å². The number of benzene rings is 2. The molecule has 0 aliphatic heterocycles. The third-order valence-electron chi connectivity index (χ3n) is 2.48. The number of anilines is 1. The quantitative estimate of drug-likeness (QED) is 0.882. The van der Waals surface area contributed by atoms with Gasteiger partial charge in [-0.25, -0.2) is 17.2 Å². The molecule has 20 heavy (non-hydrogen) atoms. The van der Waals surface area contributed by atoms with Crippen molar-refractivity contribution in [2.75, 3.05) is 4.72 Å². The fourth-order valence-electron chi connectivity index (χ4n) is 1.53. The van der Waals surface area contributed by atoms with Crippen molar-refractivity contribution in [3.05, 3.63) is 59.7 Å². The maximum absolute atomic E-state index is 13.1. The highest BCUT2D eigenvalue weighted by Crippen LogP contribution is 2.18. The maximum atomic E-state index is 13.1. The number of carbonyl (C=O) groups is 1. The number of sulfonamides is 1. The molecule has 0 fully saturated rings. The summed E-state index contributed by atoms with van der Waals surface area (Å²) in [4.78, 5) is 10.2. The van der Waals surface area contributed by atoms with Crippen LogP contribution in [0.4, 0.5) is 14.5 Å². The Hall–Kier alpha value is -2.28. The first-order valence-corrected chi connectivity index (χ1v) is 6.94. The molecule has 0 unspecified atom stereocenters. The normalized spacial score (nSPS) is 11.1. The van der Waals surface area contributed by atoms with Crippen molar-refractivity contribution in [1.82, 2.24) is 0 Å². The molecule has 0 aliphatic rings. The fourth-order valence-corrected chi connectivity index (χ4v) is 2.59.